The quantitative estimate of drug-likeness (QED) is 0.749. The summed E-state index contributed by atoms with van der Waals surface area (Å²) in [6.07, 6.45) is 0. The standard InChI is InChI=1S/C17H27NO3/c1-13(2)10-18-11-14-7-6-8-15(9-14)21-12-17(3,4)16(19)20-5/h6-9,13,18H,10-12H2,1-5H3. The fourth-order valence-electron chi connectivity index (χ4n) is 1.85. The summed E-state index contributed by atoms with van der Waals surface area (Å²) in [6, 6.07) is 7.93. The fourth-order valence-corrected chi connectivity index (χ4v) is 1.85. The molecule has 1 aromatic carbocycles. The smallest absolute Gasteiger partial charge is 0.314 e. The van der Waals surface area contributed by atoms with Crippen LogP contribution in [0.25, 0.3) is 0 Å². The molecule has 1 N–H and O–H groups in total. The predicted molar refractivity (Wildman–Crippen MR) is 84.3 cm³/mol. The molecule has 0 saturated heterocycles. The Labute approximate surface area is 127 Å². The van der Waals surface area contributed by atoms with E-state index in [2.05, 4.69) is 25.2 Å². The Balaban J connectivity index is 2.54. The number of nitrogens with one attached hydrogen (secondary N) is 1. The van der Waals surface area contributed by atoms with Gasteiger partial charge in [0.1, 0.15) is 12.4 Å². The van der Waals surface area contributed by atoms with Gasteiger partial charge < -0.3 is 14.8 Å². The molecule has 21 heavy (non-hydrogen) atoms. The molecule has 4 nitrogen and oxygen atoms in total. The monoisotopic (exact) mass is 293 g/mol. The summed E-state index contributed by atoms with van der Waals surface area (Å²) >= 11 is 0. The van der Waals surface area contributed by atoms with Crippen molar-refractivity contribution in [3.8, 4) is 5.75 Å². The van der Waals surface area contributed by atoms with Gasteiger partial charge in [0, 0.05) is 6.54 Å². The van der Waals surface area contributed by atoms with Gasteiger partial charge >= 0.3 is 5.97 Å². The molecule has 0 aliphatic rings. The maximum atomic E-state index is 11.6. The Hall–Kier alpha value is -1.55. The van der Waals surface area contributed by atoms with Crippen molar-refractivity contribution in [2.75, 3.05) is 20.3 Å². The van der Waals surface area contributed by atoms with Crippen molar-refractivity contribution in [3.05, 3.63) is 29.8 Å². The second-order valence-electron chi connectivity index (χ2n) is 6.34. The molecule has 118 valence electrons. The first kappa shape index (κ1) is 17.5. The lowest BCUT2D eigenvalue weighted by Gasteiger charge is -2.21. The molecule has 0 spiro atoms. The molecular weight excluding hydrogens is 266 g/mol. The molecule has 0 atom stereocenters. The molecule has 0 aliphatic carbocycles. The first-order valence-corrected chi connectivity index (χ1v) is 7.36. The van der Waals surface area contributed by atoms with Gasteiger partial charge in [0.15, 0.2) is 0 Å². The topological polar surface area (TPSA) is 47.6 Å². The Kier molecular flexibility index (Phi) is 6.69. The summed E-state index contributed by atoms with van der Waals surface area (Å²) in [5.41, 5.74) is 0.518. The Morgan fingerprint density at radius 1 is 1.33 bits per heavy atom. The van der Waals surface area contributed by atoms with Crippen LogP contribution >= 0.6 is 0 Å². The third kappa shape index (κ3) is 6.17. The van der Waals surface area contributed by atoms with E-state index < -0.39 is 5.41 Å². The Morgan fingerprint density at radius 2 is 2.05 bits per heavy atom. The first-order chi connectivity index (χ1) is 9.85. The largest absolute Gasteiger partial charge is 0.492 e. The SMILES string of the molecule is COC(=O)C(C)(C)COc1cccc(CNCC(C)C)c1. The van der Waals surface area contributed by atoms with Crippen molar-refractivity contribution < 1.29 is 14.3 Å². The van der Waals surface area contributed by atoms with Crippen LogP contribution in [-0.4, -0.2) is 26.2 Å². The van der Waals surface area contributed by atoms with E-state index in [1.54, 1.807) is 0 Å². The van der Waals surface area contributed by atoms with Gasteiger partial charge in [-0.2, -0.15) is 0 Å². The van der Waals surface area contributed by atoms with Crippen LogP contribution in [0.5, 0.6) is 5.75 Å². The maximum Gasteiger partial charge on any atom is 0.314 e. The molecule has 0 heterocycles. The van der Waals surface area contributed by atoms with Crippen molar-refractivity contribution in [1.29, 1.82) is 0 Å². The minimum atomic E-state index is -0.652. The number of rotatable bonds is 8. The maximum absolute atomic E-state index is 11.6. The van der Waals surface area contributed by atoms with E-state index in [-0.39, 0.29) is 5.97 Å². The van der Waals surface area contributed by atoms with Gasteiger partial charge in [0.05, 0.1) is 12.5 Å². The Bertz CT molecular complexity index is 455. The second kappa shape index (κ2) is 8.03. The van der Waals surface area contributed by atoms with Crippen molar-refractivity contribution in [3.63, 3.8) is 0 Å². The number of hydrogen-bond donors (Lipinski definition) is 1. The summed E-state index contributed by atoms with van der Waals surface area (Å²) < 4.78 is 10.5. The van der Waals surface area contributed by atoms with Crippen LogP contribution in [0.1, 0.15) is 33.3 Å². The lowest BCUT2D eigenvalue weighted by Crippen LogP contribution is -2.32. The van der Waals surface area contributed by atoms with Gasteiger partial charge in [0.25, 0.3) is 0 Å². The van der Waals surface area contributed by atoms with E-state index in [1.165, 1.54) is 12.7 Å². The van der Waals surface area contributed by atoms with Crippen LogP contribution < -0.4 is 10.1 Å². The van der Waals surface area contributed by atoms with Gasteiger partial charge in [-0.05, 0) is 44.0 Å². The zero-order valence-corrected chi connectivity index (χ0v) is 13.7. The third-order valence-corrected chi connectivity index (χ3v) is 3.12. The summed E-state index contributed by atoms with van der Waals surface area (Å²) in [4.78, 5) is 11.6. The number of esters is 1. The lowest BCUT2D eigenvalue weighted by atomic mass is 9.95. The van der Waals surface area contributed by atoms with Crippen LogP contribution in [0.2, 0.25) is 0 Å². The first-order valence-electron chi connectivity index (χ1n) is 7.36. The van der Waals surface area contributed by atoms with Gasteiger partial charge in [-0.25, -0.2) is 0 Å². The van der Waals surface area contributed by atoms with E-state index in [1.807, 2.05) is 32.0 Å². The number of ether oxygens (including phenoxy) is 2. The van der Waals surface area contributed by atoms with Gasteiger partial charge in [-0.3, -0.25) is 4.79 Å². The molecule has 0 radical (unpaired) electrons. The molecule has 0 bridgehead atoms. The minimum absolute atomic E-state index is 0.266. The fraction of sp³-hybridized carbons (Fsp3) is 0.588. The van der Waals surface area contributed by atoms with Crippen LogP contribution in [0.3, 0.4) is 0 Å². The second-order valence-corrected chi connectivity index (χ2v) is 6.34. The summed E-state index contributed by atoms with van der Waals surface area (Å²) in [7, 11) is 1.39. The predicted octanol–water partition coefficient (Wildman–Crippen LogP) is 3.01. The van der Waals surface area contributed by atoms with Crippen LogP contribution in [0.15, 0.2) is 24.3 Å². The van der Waals surface area contributed by atoms with Crippen LogP contribution in [0, 0.1) is 11.3 Å². The van der Waals surface area contributed by atoms with Crippen LogP contribution in [0.4, 0.5) is 0 Å². The molecule has 1 rings (SSSR count). The highest BCUT2D eigenvalue weighted by atomic mass is 16.5. The highest BCUT2D eigenvalue weighted by molar-refractivity contribution is 5.75. The van der Waals surface area contributed by atoms with E-state index in [0.717, 1.165) is 18.8 Å². The summed E-state index contributed by atoms with van der Waals surface area (Å²) in [6.45, 7) is 10.1. The summed E-state index contributed by atoms with van der Waals surface area (Å²) in [5, 5.41) is 3.40. The normalized spacial score (nSPS) is 11.5. The molecule has 0 fully saturated rings. The van der Waals surface area contributed by atoms with E-state index in [0.29, 0.717) is 12.5 Å². The molecule has 4 heteroatoms. The number of hydrogen-bond acceptors (Lipinski definition) is 4. The van der Waals surface area contributed by atoms with E-state index >= 15 is 0 Å². The highest BCUT2D eigenvalue weighted by Gasteiger charge is 2.29. The van der Waals surface area contributed by atoms with E-state index in [9.17, 15) is 4.79 Å². The lowest BCUT2D eigenvalue weighted by molar-refractivity contribution is -0.152. The molecule has 0 saturated carbocycles. The average molecular weight is 293 g/mol. The third-order valence-electron chi connectivity index (χ3n) is 3.12. The molecule has 1 aromatic rings. The zero-order chi connectivity index (χ0) is 15.9. The number of carbonyl (C=O) groups excluding carboxylic acids is 1. The van der Waals surface area contributed by atoms with E-state index in [4.69, 9.17) is 9.47 Å². The summed E-state index contributed by atoms with van der Waals surface area (Å²) in [5.74, 6) is 1.14. The molecule has 0 unspecified atom stereocenters. The number of benzene rings is 1. The van der Waals surface area contributed by atoms with Crippen LogP contribution in [-0.2, 0) is 16.1 Å². The van der Waals surface area contributed by atoms with Crippen molar-refractivity contribution in [2.24, 2.45) is 11.3 Å². The van der Waals surface area contributed by atoms with Gasteiger partial charge in [-0.1, -0.05) is 26.0 Å². The highest BCUT2D eigenvalue weighted by Crippen LogP contribution is 2.21. The molecule has 0 aliphatic heterocycles. The van der Waals surface area contributed by atoms with Crippen molar-refractivity contribution >= 4 is 5.97 Å². The van der Waals surface area contributed by atoms with Crippen molar-refractivity contribution in [2.45, 2.75) is 34.2 Å². The molecule has 0 amide bonds. The van der Waals surface area contributed by atoms with Gasteiger partial charge in [0.2, 0.25) is 0 Å². The average Bonchev–Trinajstić information content (AvgIpc) is 2.44. The Morgan fingerprint density at radius 3 is 2.67 bits per heavy atom. The molecule has 0 aromatic heterocycles. The number of methoxy groups -OCH3 is 1. The van der Waals surface area contributed by atoms with Crippen molar-refractivity contribution in [1.82, 2.24) is 5.32 Å². The zero-order valence-electron chi connectivity index (χ0n) is 13.7. The van der Waals surface area contributed by atoms with Gasteiger partial charge in [-0.15, -0.1) is 0 Å². The number of carbonyl (C=O) groups is 1. The minimum Gasteiger partial charge on any atom is -0.492 e. The molecular formula is C17H27NO3.